The smallest absolute Gasteiger partial charge is 0.0666 e. The van der Waals surface area contributed by atoms with Crippen LogP contribution in [0.3, 0.4) is 0 Å². The fourth-order valence-corrected chi connectivity index (χ4v) is 0.762. The molecule has 0 heterocycles. The zero-order valence-electron chi connectivity index (χ0n) is 7.35. The number of nitrogens with zero attached hydrogens (tertiary/aromatic N) is 1. The summed E-state index contributed by atoms with van der Waals surface area (Å²) in [6.07, 6.45) is 4.71. The second-order valence-corrected chi connectivity index (χ2v) is 2.88. The van der Waals surface area contributed by atoms with Crippen molar-refractivity contribution in [3.63, 3.8) is 0 Å². The summed E-state index contributed by atoms with van der Waals surface area (Å²) in [6, 6.07) is 2.11. The molecule has 0 radical (unpaired) electrons. The number of hydrogen-bond acceptors (Lipinski definition) is 1. The maximum absolute atomic E-state index is 8.34. The molecule has 0 spiro atoms. The molecule has 0 amide bonds. The lowest BCUT2D eigenvalue weighted by atomic mass is 10.1. The van der Waals surface area contributed by atoms with Crippen molar-refractivity contribution in [3.8, 4) is 6.07 Å². The molecule has 0 unspecified atom stereocenters. The van der Waals surface area contributed by atoms with Crippen molar-refractivity contribution in [2.75, 3.05) is 0 Å². The van der Waals surface area contributed by atoms with E-state index < -0.39 is 0 Å². The van der Waals surface area contributed by atoms with E-state index in [1.807, 2.05) is 13.8 Å². The van der Waals surface area contributed by atoms with Gasteiger partial charge in [0.15, 0.2) is 0 Å². The Balaban J connectivity index is 3.58. The third-order valence-electron chi connectivity index (χ3n) is 1.42. The molecule has 0 aliphatic rings. The zero-order valence-corrected chi connectivity index (χ0v) is 7.35. The van der Waals surface area contributed by atoms with Crippen LogP contribution in [0.4, 0.5) is 0 Å². The predicted molar refractivity (Wildman–Crippen MR) is 48.0 cm³/mol. The molecule has 0 aromatic heterocycles. The first kappa shape index (κ1) is 9.97. The molecule has 0 aliphatic heterocycles. The number of nitriles is 1. The average Bonchev–Trinajstić information content (AvgIpc) is 1.87. The largest absolute Gasteiger partial charge is 0.198 e. The molecular formula is C10H15N. The van der Waals surface area contributed by atoms with Crippen molar-refractivity contribution >= 4 is 0 Å². The van der Waals surface area contributed by atoms with E-state index in [9.17, 15) is 0 Å². The van der Waals surface area contributed by atoms with Crippen molar-refractivity contribution < 1.29 is 0 Å². The van der Waals surface area contributed by atoms with E-state index in [0.29, 0.717) is 6.42 Å². The van der Waals surface area contributed by atoms with Gasteiger partial charge in [-0.05, 0) is 26.7 Å². The minimum absolute atomic E-state index is 0.552. The Morgan fingerprint density at radius 2 is 2.18 bits per heavy atom. The quantitative estimate of drug-likeness (QED) is 0.563. The Labute approximate surface area is 69.0 Å². The van der Waals surface area contributed by atoms with Gasteiger partial charge in [0.2, 0.25) is 0 Å². The summed E-state index contributed by atoms with van der Waals surface area (Å²) in [5.74, 6) is 0. The van der Waals surface area contributed by atoms with Crippen LogP contribution < -0.4 is 0 Å². The third kappa shape index (κ3) is 6.86. The van der Waals surface area contributed by atoms with E-state index in [4.69, 9.17) is 5.26 Å². The van der Waals surface area contributed by atoms with E-state index >= 15 is 0 Å². The van der Waals surface area contributed by atoms with Crippen LogP contribution in [0.25, 0.3) is 0 Å². The van der Waals surface area contributed by atoms with Gasteiger partial charge in [0.25, 0.3) is 0 Å². The highest BCUT2D eigenvalue weighted by Gasteiger charge is 1.87. The fourth-order valence-electron chi connectivity index (χ4n) is 0.762. The molecule has 0 N–H and O–H groups in total. The van der Waals surface area contributed by atoms with Gasteiger partial charge >= 0.3 is 0 Å². The molecule has 0 bridgehead atoms. The first-order valence-electron chi connectivity index (χ1n) is 3.83. The maximum atomic E-state index is 8.34. The van der Waals surface area contributed by atoms with Gasteiger partial charge in [-0.3, -0.25) is 0 Å². The highest BCUT2D eigenvalue weighted by molar-refractivity contribution is 5.05. The van der Waals surface area contributed by atoms with E-state index in [2.05, 4.69) is 18.7 Å². The maximum Gasteiger partial charge on any atom is 0.0666 e. The van der Waals surface area contributed by atoms with Crippen LogP contribution in [-0.4, -0.2) is 0 Å². The molecule has 0 atom stereocenters. The normalized spacial score (nSPS) is 10.8. The summed E-state index contributed by atoms with van der Waals surface area (Å²) in [5, 5.41) is 8.34. The van der Waals surface area contributed by atoms with Crippen molar-refractivity contribution in [1.82, 2.24) is 0 Å². The molecule has 0 fully saturated rings. The van der Waals surface area contributed by atoms with E-state index in [0.717, 1.165) is 18.4 Å². The van der Waals surface area contributed by atoms with Crippen LogP contribution in [0, 0.1) is 11.3 Å². The van der Waals surface area contributed by atoms with E-state index in [-0.39, 0.29) is 0 Å². The summed E-state index contributed by atoms with van der Waals surface area (Å²) in [4.78, 5) is 0. The minimum Gasteiger partial charge on any atom is -0.198 e. The van der Waals surface area contributed by atoms with Gasteiger partial charge in [-0.2, -0.15) is 5.26 Å². The van der Waals surface area contributed by atoms with Crippen LogP contribution in [0.5, 0.6) is 0 Å². The summed E-state index contributed by atoms with van der Waals surface area (Å²) < 4.78 is 0. The molecule has 0 aromatic rings. The van der Waals surface area contributed by atoms with Crippen molar-refractivity contribution in [3.05, 3.63) is 23.8 Å². The molecular weight excluding hydrogens is 134 g/mol. The molecule has 0 saturated carbocycles. The highest BCUT2D eigenvalue weighted by Crippen LogP contribution is 2.05. The third-order valence-corrected chi connectivity index (χ3v) is 1.42. The second kappa shape index (κ2) is 5.73. The summed E-state index contributed by atoms with van der Waals surface area (Å²) >= 11 is 0. The molecule has 11 heavy (non-hydrogen) atoms. The first-order valence-corrected chi connectivity index (χ1v) is 3.83. The van der Waals surface area contributed by atoms with Gasteiger partial charge in [0.1, 0.15) is 0 Å². The number of hydrogen-bond donors (Lipinski definition) is 0. The minimum atomic E-state index is 0.552. The van der Waals surface area contributed by atoms with Gasteiger partial charge in [-0.25, -0.2) is 0 Å². The van der Waals surface area contributed by atoms with E-state index in [1.165, 1.54) is 5.57 Å². The lowest BCUT2D eigenvalue weighted by molar-refractivity contribution is 0.966. The van der Waals surface area contributed by atoms with Crippen LogP contribution in [-0.2, 0) is 0 Å². The molecule has 60 valence electrons. The second-order valence-electron chi connectivity index (χ2n) is 2.88. The van der Waals surface area contributed by atoms with Crippen molar-refractivity contribution in [2.45, 2.75) is 33.1 Å². The van der Waals surface area contributed by atoms with Crippen LogP contribution in [0.1, 0.15) is 33.1 Å². The predicted octanol–water partition coefficient (Wildman–Crippen LogP) is 3.20. The molecule has 1 heteroatoms. The average molecular weight is 149 g/mol. The SMILES string of the molecule is C=C(C)CC/C=C(\C)CC#N. The Morgan fingerprint density at radius 1 is 1.55 bits per heavy atom. The van der Waals surface area contributed by atoms with Crippen molar-refractivity contribution in [2.24, 2.45) is 0 Å². The first-order chi connectivity index (χ1) is 5.16. The van der Waals surface area contributed by atoms with Gasteiger partial charge in [0, 0.05) is 0 Å². The van der Waals surface area contributed by atoms with Crippen LogP contribution in [0.2, 0.25) is 0 Å². The summed E-state index contributed by atoms with van der Waals surface area (Å²) in [5.41, 5.74) is 2.36. The fraction of sp³-hybridized carbons (Fsp3) is 0.500. The monoisotopic (exact) mass is 149 g/mol. The Kier molecular flexibility index (Phi) is 5.20. The zero-order chi connectivity index (χ0) is 8.69. The lowest BCUT2D eigenvalue weighted by Crippen LogP contribution is -1.76. The number of allylic oxidation sites excluding steroid dienone is 3. The van der Waals surface area contributed by atoms with Gasteiger partial charge in [-0.15, -0.1) is 6.58 Å². The van der Waals surface area contributed by atoms with E-state index in [1.54, 1.807) is 0 Å². The summed E-state index contributed by atoms with van der Waals surface area (Å²) in [6.45, 7) is 7.81. The van der Waals surface area contributed by atoms with Gasteiger partial charge in [0.05, 0.1) is 12.5 Å². The molecule has 0 rings (SSSR count). The molecule has 1 nitrogen and oxygen atoms in total. The standard InChI is InChI=1S/C10H15N/c1-9(2)5-4-6-10(3)7-8-11/h6H,1,4-5,7H2,2-3H3/b10-6+. The highest BCUT2D eigenvalue weighted by atomic mass is 14.2. The van der Waals surface area contributed by atoms with Gasteiger partial charge in [-0.1, -0.05) is 17.2 Å². The Hall–Kier alpha value is -1.03. The number of rotatable bonds is 4. The Morgan fingerprint density at radius 3 is 2.64 bits per heavy atom. The van der Waals surface area contributed by atoms with Crippen molar-refractivity contribution in [1.29, 1.82) is 5.26 Å². The lowest BCUT2D eigenvalue weighted by Gasteiger charge is -1.95. The molecule has 0 aliphatic carbocycles. The van der Waals surface area contributed by atoms with Crippen LogP contribution >= 0.6 is 0 Å². The Bertz CT molecular complexity index is 193. The van der Waals surface area contributed by atoms with Gasteiger partial charge < -0.3 is 0 Å². The van der Waals surface area contributed by atoms with Crippen LogP contribution in [0.15, 0.2) is 23.8 Å². The summed E-state index contributed by atoms with van der Waals surface area (Å²) in [7, 11) is 0. The molecule has 0 saturated heterocycles. The topological polar surface area (TPSA) is 23.8 Å². The molecule has 0 aromatic carbocycles.